The number of para-hydroxylation sites is 3. The number of ether oxygens (including phenoxy) is 2. The Balaban J connectivity index is 1.63. The van der Waals surface area contributed by atoms with Gasteiger partial charge in [0.05, 0.1) is 23.7 Å². The van der Waals surface area contributed by atoms with Crippen molar-refractivity contribution in [2.24, 2.45) is 0 Å². The lowest BCUT2D eigenvalue weighted by molar-refractivity contribution is -0.125. The Kier molecular flexibility index (Phi) is 8.24. The standard InChI is InChI=1S/C25H31N3O3/c1-4-11-20-12-5-8-15-23(20)31-17-10-9-16-28-22-14-7-6-13-21(22)27-25(28)19(2)26-24(29)18-30-3/h4-8,12-15,19H,1,9-11,16-18H2,2-3H3,(H,26,29). The Bertz CT molecular complexity index is 1010. The zero-order valence-electron chi connectivity index (χ0n) is 18.3. The largest absolute Gasteiger partial charge is 0.493 e. The number of nitrogens with zero attached hydrogens (tertiary/aromatic N) is 2. The molecule has 0 aliphatic heterocycles. The number of hydrogen-bond acceptors (Lipinski definition) is 4. The number of methoxy groups -OCH3 is 1. The number of carbonyl (C=O) groups is 1. The molecule has 1 atom stereocenters. The van der Waals surface area contributed by atoms with Gasteiger partial charge in [0.25, 0.3) is 0 Å². The first-order chi connectivity index (χ1) is 15.1. The maximum absolute atomic E-state index is 12.0. The third-order valence-corrected chi connectivity index (χ3v) is 5.09. The second kappa shape index (κ2) is 11.3. The van der Waals surface area contributed by atoms with Crippen molar-refractivity contribution in [2.75, 3.05) is 20.3 Å². The van der Waals surface area contributed by atoms with Crippen molar-refractivity contribution in [3.63, 3.8) is 0 Å². The van der Waals surface area contributed by atoms with E-state index in [0.717, 1.165) is 54.0 Å². The highest BCUT2D eigenvalue weighted by molar-refractivity contribution is 5.78. The smallest absolute Gasteiger partial charge is 0.246 e. The van der Waals surface area contributed by atoms with Crippen LogP contribution in [0.1, 0.15) is 37.2 Å². The number of benzene rings is 2. The topological polar surface area (TPSA) is 65.4 Å². The van der Waals surface area contributed by atoms with E-state index < -0.39 is 0 Å². The van der Waals surface area contributed by atoms with Crippen LogP contribution in [0, 0.1) is 0 Å². The van der Waals surface area contributed by atoms with E-state index in [2.05, 4.69) is 28.6 Å². The second-order valence-corrected chi connectivity index (χ2v) is 7.49. The molecule has 3 rings (SSSR count). The zero-order chi connectivity index (χ0) is 22.1. The van der Waals surface area contributed by atoms with Gasteiger partial charge in [0.1, 0.15) is 18.2 Å². The summed E-state index contributed by atoms with van der Waals surface area (Å²) in [5.41, 5.74) is 3.16. The van der Waals surface area contributed by atoms with Gasteiger partial charge in [-0.15, -0.1) is 6.58 Å². The van der Waals surface area contributed by atoms with Crippen molar-refractivity contribution in [1.29, 1.82) is 0 Å². The van der Waals surface area contributed by atoms with Crippen LogP contribution in [0.2, 0.25) is 0 Å². The minimum Gasteiger partial charge on any atom is -0.493 e. The van der Waals surface area contributed by atoms with Gasteiger partial charge in [0, 0.05) is 13.7 Å². The van der Waals surface area contributed by atoms with Gasteiger partial charge in [-0.2, -0.15) is 0 Å². The van der Waals surface area contributed by atoms with Gasteiger partial charge in [-0.1, -0.05) is 36.4 Å². The number of fused-ring (bicyclic) bond motifs is 1. The monoisotopic (exact) mass is 421 g/mol. The summed E-state index contributed by atoms with van der Waals surface area (Å²) in [5, 5.41) is 2.96. The summed E-state index contributed by atoms with van der Waals surface area (Å²) in [4.78, 5) is 16.7. The second-order valence-electron chi connectivity index (χ2n) is 7.49. The SMILES string of the molecule is C=CCc1ccccc1OCCCCn1c(C(C)NC(=O)COC)nc2ccccc21. The molecule has 0 saturated carbocycles. The van der Waals surface area contributed by atoms with E-state index in [9.17, 15) is 4.79 Å². The molecule has 1 N–H and O–H groups in total. The average molecular weight is 422 g/mol. The molecular weight excluding hydrogens is 390 g/mol. The van der Waals surface area contributed by atoms with Crippen LogP contribution in [-0.2, 0) is 22.5 Å². The molecule has 6 heteroatoms. The van der Waals surface area contributed by atoms with Gasteiger partial charge in [-0.3, -0.25) is 4.79 Å². The molecular formula is C25H31N3O3. The first-order valence-corrected chi connectivity index (χ1v) is 10.7. The van der Waals surface area contributed by atoms with Crippen LogP contribution >= 0.6 is 0 Å². The Morgan fingerprint density at radius 2 is 1.97 bits per heavy atom. The molecule has 6 nitrogen and oxygen atoms in total. The first kappa shape index (κ1) is 22.6. The van der Waals surface area contributed by atoms with Crippen LogP contribution in [0.3, 0.4) is 0 Å². The van der Waals surface area contributed by atoms with Gasteiger partial charge >= 0.3 is 0 Å². The van der Waals surface area contributed by atoms with E-state index >= 15 is 0 Å². The van der Waals surface area contributed by atoms with Gasteiger partial charge in [0.2, 0.25) is 5.91 Å². The number of rotatable bonds is 12. The average Bonchev–Trinajstić information content (AvgIpc) is 3.14. The van der Waals surface area contributed by atoms with Crippen LogP contribution in [0.15, 0.2) is 61.2 Å². The maximum atomic E-state index is 12.0. The number of unbranched alkanes of at least 4 members (excludes halogenated alkanes) is 1. The minimum atomic E-state index is -0.211. The van der Waals surface area contributed by atoms with E-state index in [0.29, 0.717) is 6.61 Å². The lowest BCUT2D eigenvalue weighted by Crippen LogP contribution is -2.31. The van der Waals surface area contributed by atoms with Crippen molar-refractivity contribution in [2.45, 2.75) is 38.8 Å². The fraction of sp³-hybridized carbons (Fsp3) is 0.360. The first-order valence-electron chi connectivity index (χ1n) is 10.7. The summed E-state index contributed by atoms with van der Waals surface area (Å²) >= 11 is 0. The number of aryl methyl sites for hydroxylation is 1. The predicted molar refractivity (Wildman–Crippen MR) is 123 cm³/mol. The summed E-state index contributed by atoms with van der Waals surface area (Å²) < 4.78 is 13.1. The molecule has 0 spiro atoms. The lowest BCUT2D eigenvalue weighted by atomic mass is 10.1. The number of aromatic nitrogens is 2. The normalized spacial score (nSPS) is 11.9. The third-order valence-electron chi connectivity index (χ3n) is 5.09. The van der Waals surface area contributed by atoms with E-state index in [1.807, 2.05) is 49.4 Å². The number of imidazole rings is 1. The van der Waals surface area contributed by atoms with Gasteiger partial charge in [-0.05, 0) is 49.9 Å². The molecule has 0 radical (unpaired) electrons. The van der Waals surface area contributed by atoms with Crippen LogP contribution in [0.5, 0.6) is 5.75 Å². The van der Waals surface area contributed by atoms with E-state index in [-0.39, 0.29) is 18.6 Å². The third kappa shape index (κ3) is 5.95. The van der Waals surface area contributed by atoms with Gasteiger partial charge in [-0.25, -0.2) is 4.98 Å². The molecule has 2 aromatic carbocycles. The van der Waals surface area contributed by atoms with E-state index in [1.54, 1.807) is 0 Å². The van der Waals surface area contributed by atoms with Crippen molar-refractivity contribution in [3.05, 3.63) is 72.6 Å². The van der Waals surface area contributed by atoms with Crippen LogP contribution in [0.4, 0.5) is 0 Å². The Hall–Kier alpha value is -3.12. The van der Waals surface area contributed by atoms with Gasteiger partial charge in [0.15, 0.2) is 0 Å². The number of hydrogen-bond donors (Lipinski definition) is 1. The van der Waals surface area contributed by atoms with Crippen LogP contribution in [-0.4, -0.2) is 35.8 Å². The van der Waals surface area contributed by atoms with Crippen molar-refractivity contribution in [3.8, 4) is 5.75 Å². The number of nitrogens with one attached hydrogen (secondary N) is 1. The molecule has 1 amide bonds. The van der Waals surface area contributed by atoms with Crippen molar-refractivity contribution >= 4 is 16.9 Å². The van der Waals surface area contributed by atoms with E-state index in [4.69, 9.17) is 14.5 Å². The summed E-state index contributed by atoms with van der Waals surface area (Å²) in [7, 11) is 1.51. The maximum Gasteiger partial charge on any atom is 0.246 e. The summed E-state index contributed by atoms with van der Waals surface area (Å²) in [6.45, 7) is 7.25. The van der Waals surface area contributed by atoms with Crippen molar-refractivity contribution in [1.82, 2.24) is 14.9 Å². The van der Waals surface area contributed by atoms with Crippen molar-refractivity contribution < 1.29 is 14.3 Å². The molecule has 31 heavy (non-hydrogen) atoms. The highest BCUT2D eigenvalue weighted by Gasteiger charge is 2.18. The van der Waals surface area contributed by atoms with E-state index in [1.165, 1.54) is 7.11 Å². The highest BCUT2D eigenvalue weighted by Crippen LogP contribution is 2.22. The molecule has 1 heterocycles. The molecule has 0 fully saturated rings. The molecule has 1 unspecified atom stereocenters. The fourth-order valence-electron chi connectivity index (χ4n) is 3.66. The van der Waals surface area contributed by atoms with Gasteiger partial charge < -0.3 is 19.4 Å². The zero-order valence-corrected chi connectivity index (χ0v) is 18.3. The summed E-state index contributed by atoms with van der Waals surface area (Å²) in [6, 6.07) is 15.9. The van der Waals surface area contributed by atoms with Crippen LogP contribution in [0.25, 0.3) is 11.0 Å². The highest BCUT2D eigenvalue weighted by atomic mass is 16.5. The predicted octanol–water partition coefficient (Wildman–Crippen LogP) is 4.45. The fourth-order valence-corrected chi connectivity index (χ4v) is 3.66. The number of amides is 1. The molecule has 164 valence electrons. The van der Waals surface area contributed by atoms with Crippen LogP contribution < -0.4 is 10.1 Å². The molecule has 3 aromatic rings. The molecule has 0 aliphatic carbocycles. The Labute approximate surface area is 183 Å². The molecule has 0 bridgehead atoms. The number of carbonyl (C=O) groups excluding carboxylic acids is 1. The molecule has 0 aliphatic rings. The quantitative estimate of drug-likeness (QED) is 0.347. The molecule has 0 saturated heterocycles. The molecule has 1 aromatic heterocycles. The Morgan fingerprint density at radius 3 is 2.77 bits per heavy atom. The Morgan fingerprint density at radius 1 is 1.19 bits per heavy atom. The summed E-state index contributed by atoms with van der Waals surface area (Å²) in [6.07, 6.45) is 4.54. The number of allylic oxidation sites excluding steroid dienone is 1. The summed E-state index contributed by atoms with van der Waals surface area (Å²) in [5.74, 6) is 1.62. The lowest BCUT2D eigenvalue weighted by Gasteiger charge is -2.16. The minimum absolute atomic E-state index is 0.0369.